The summed E-state index contributed by atoms with van der Waals surface area (Å²) >= 11 is 0. The highest BCUT2D eigenvalue weighted by atomic mass is 35.5. The van der Waals surface area contributed by atoms with Crippen molar-refractivity contribution in [1.29, 1.82) is 0 Å². The van der Waals surface area contributed by atoms with Crippen LogP contribution in [0.3, 0.4) is 0 Å². The molecule has 5 nitrogen and oxygen atoms in total. The lowest BCUT2D eigenvalue weighted by molar-refractivity contribution is -0.131. The molecule has 0 N–H and O–H groups in total. The van der Waals surface area contributed by atoms with E-state index < -0.39 is 11.9 Å². The van der Waals surface area contributed by atoms with Crippen LogP contribution < -0.4 is 4.74 Å². The molecule has 2 rings (SSSR count). The number of likely N-dealkylation sites (tertiary alicyclic amines) is 1. The van der Waals surface area contributed by atoms with Crippen molar-refractivity contribution in [2.75, 3.05) is 26.2 Å². The molecule has 22 heavy (non-hydrogen) atoms. The zero-order valence-corrected chi connectivity index (χ0v) is 13.6. The third kappa shape index (κ3) is 5.66. The molecule has 1 aromatic rings. The first-order valence-electron chi connectivity index (χ1n) is 7.34. The molecule has 0 bridgehead atoms. The lowest BCUT2D eigenvalue weighted by Crippen LogP contribution is -2.33. The number of piperidine rings is 1. The molecule has 1 aliphatic heterocycles. The molecule has 1 fully saturated rings. The number of hydrogen-bond acceptors (Lipinski definition) is 5. The van der Waals surface area contributed by atoms with Crippen molar-refractivity contribution in [2.24, 2.45) is 0 Å². The summed E-state index contributed by atoms with van der Waals surface area (Å²) in [6.07, 6.45) is 3.71. The van der Waals surface area contributed by atoms with Crippen LogP contribution in [-0.2, 0) is 9.53 Å². The number of carbonyl (C=O) groups is 2. The second-order valence-corrected chi connectivity index (χ2v) is 5.13. The number of carbonyl (C=O) groups excluding carboxylic acids is 2. The average Bonchev–Trinajstić information content (AvgIpc) is 2.48. The standard InChI is InChI=1S/C16H21NO4.ClH/c1-13(18)21-15-8-4-3-7-14(15)16(19)20-12-11-17-9-5-2-6-10-17;/h3-4,7-8H,2,5-6,9-12H2,1H3;1H. The Morgan fingerprint density at radius 3 is 2.50 bits per heavy atom. The summed E-state index contributed by atoms with van der Waals surface area (Å²) in [5, 5.41) is 0. The van der Waals surface area contributed by atoms with Crippen LogP contribution in [0.1, 0.15) is 36.5 Å². The minimum absolute atomic E-state index is 0. The van der Waals surface area contributed by atoms with Crippen molar-refractivity contribution >= 4 is 24.3 Å². The average molecular weight is 328 g/mol. The highest BCUT2D eigenvalue weighted by Gasteiger charge is 2.16. The number of hydrogen-bond donors (Lipinski definition) is 0. The number of esters is 2. The Labute approximate surface area is 137 Å². The first-order valence-corrected chi connectivity index (χ1v) is 7.34. The van der Waals surface area contributed by atoms with Crippen molar-refractivity contribution in [1.82, 2.24) is 4.90 Å². The van der Waals surface area contributed by atoms with Crippen LogP contribution in [0.2, 0.25) is 0 Å². The molecule has 1 saturated heterocycles. The third-order valence-electron chi connectivity index (χ3n) is 3.45. The highest BCUT2D eigenvalue weighted by Crippen LogP contribution is 2.19. The van der Waals surface area contributed by atoms with E-state index in [4.69, 9.17) is 9.47 Å². The van der Waals surface area contributed by atoms with E-state index in [1.165, 1.54) is 26.2 Å². The zero-order chi connectivity index (χ0) is 15.1. The lowest BCUT2D eigenvalue weighted by Gasteiger charge is -2.25. The number of rotatable bonds is 5. The van der Waals surface area contributed by atoms with Gasteiger partial charge >= 0.3 is 11.9 Å². The molecule has 0 aliphatic carbocycles. The van der Waals surface area contributed by atoms with Gasteiger partial charge < -0.3 is 9.47 Å². The molecule has 1 aliphatic rings. The first kappa shape index (κ1) is 18.5. The first-order chi connectivity index (χ1) is 10.2. The van der Waals surface area contributed by atoms with Gasteiger partial charge in [-0.2, -0.15) is 0 Å². The van der Waals surface area contributed by atoms with Crippen LogP contribution in [-0.4, -0.2) is 43.1 Å². The topological polar surface area (TPSA) is 55.8 Å². The molecule has 122 valence electrons. The summed E-state index contributed by atoms with van der Waals surface area (Å²) in [7, 11) is 0. The fourth-order valence-corrected chi connectivity index (χ4v) is 2.41. The van der Waals surface area contributed by atoms with Gasteiger partial charge in [0.05, 0.1) is 0 Å². The highest BCUT2D eigenvalue weighted by molar-refractivity contribution is 5.93. The minimum atomic E-state index is -0.455. The van der Waals surface area contributed by atoms with E-state index >= 15 is 0 Å². The molecular weight excluding hydrogens is 306 g/mol. The Kier molecular flexibility index (Phi) is 7.91. The number of halogens is 1. The molecule has 1 heterocycles. The van der Waals surface area contributed by atoms with Crippen molar-refractivity contribution in [2.45, 2.75) is 26.2 Å². The second kappa shape index (κ2) is 9.43. The number of para-hydroxylation sites is 1. The quantitative estimate of drug-likeness (QED) is 0.614. The lowest BCUT2D eigenvalue weighted by atomic mass is 10.1. The minimum Gasteiger partial charge on any atom is -0.461 e. The molecule has 0 aromatic heterocycles. The number of benzene rings is 1. The predicted octanol–water partition coefficient (Wildman–Crippen LogP) is 2.68. The summed E-state index contributed by atoms with van der Waals surface area (Å²) in [6, 6.07) is 6.61. The van der Waals surface area contributed by atoms with Gasteiger partial charge in [-0.15, -0.1) is 12.4 Å². The van der Waals surface area contributed by atoms with Gasteiger partial charge in [0.15, 0.2) is 0 Å². The van der Waals surface area contributed by atoms with E-state index in [1.54, 1.807) is 24.3 Å². The van der Waals surface area contributed by atoms with E-state index in [-0.39, 0.29) is 23.7 Å². The zero-order valence-electron chi connectivity index (χ0n) is 12.7. The summed E-state index contributed by atoms with van der Waals surface area (Å²) in [6.45, 7) is 4.55. The Hall–Kier alpha value is -1.59. The Morgan fingerprint density at radius 1 is 1.14 bits per heavy atom. The van der Waals surface area contributed by atoms with E-state index in [0.29, 0.717) is 6.61 Å². The number of nitrogens with zero attached hydrogens (tertiary/aromatic N) is 1. The van der Waals surface area contributed by atoms with Crippen LogP contribution in [0.15, 0.2) is 24.3 Å². The normalized spacial score (nSPS) is 14.8. The molecule has 0 saturated carbocycles. The Bertz CT molecular complexity index is 501. The molecule has 6 heteroatoms. The van der Waals surface area contributed by atoms with Gasteiger partial charge in [0.25, 0.3) is 0 Å². The SMILES string of the molecule is CC(=O)Oc1ccccc1C(=O)OCCN1CCCCC1.Cl. The molecule has 0 spiro atoms. The fraction of sp³-hybridized carbons (Fsp3) is 0.500. The molecular formula is C16H22ClNO4. The second-order valence-electron chi connectivity index (χ2n) is 5.13. The summed E-state index contributed by atoms with van der Waals surface area (Å²) < 4.78 is 10.3. The third-order valence-corrected chi connectivity index (χ3v) is 3.45. The number of ether oxygens (including phenoxy) is 2. The van der Waals surface area contributed by atoms with E-state index in [0.717, 1.165) is 19.6 Å². The Morgan fingerprint density at radius 2 is 1.82 bits per heavy atom. The van der Waals surface area contributed by atoms with Crippen LogP contribution in [0.4, 0.5) is 0 Å². The summed E-state index contributed by atoms with van der Waals surface area (Å²) in [4.78, 5) is 25.4. The van der Waals surface area contributed by atoms with E-state index in [9.17, 15) is 9.59 Å². The van der Waals surface area contributed by atoms with E-state index in [2.05, 4.69) is 4.90 Å². The van der Waals surface area contributed by atoms with Crippen molar-refractivity contribution in [3.63, 3.8) is 0 Å². The Balaban J connectivity index is 0.00000242. The molecule has 0 amide bonds. The fourth-order valence-electron chi connectivity index (χ4n) is 2.41. The largest absolute Gasteiger partial charge is 0.461 e. The van der Waals surface area contributed by atoms with Gasteiger partial charge in [-0.1, -0.05) is 18.6 Å². The van der Waals surface area contributed by atoms with Gasteiger partial charge in [0.2, 0.25) is 0 Å². The van der Waals surface area contributed by atoms with Crippen LogP contribution in [0.5, 0.6) is 5.75 Å². The van der Waals surface area contributed by atoms with Crippen molar-refractivity contribution in [3.05, 3.63) is 29.8 Å². The maximum Gasteiger partial charge on any atom is 0.341 e. The molecule has 0 radical (unpaired) electrons. The summed E-state index contributed by atoms with van der Waals surface area (Å²) in [5.41, 5.74) is 0.284. The monoisotopic (exact) mass is 327 g/mol. The van der Waals surface area contributed by atoms with Crippen LogP contribution in [0.25, 0.3) is 0 Å². The van der Waals surface area contributed by atoms with E-state index in [1.807, 2.05) is 0 Å². The van der Waals surface area contributed by atoms with Gasteiger partial charge in [0.1, 0.15) is 17.9 Å². The van der Waals surface area contributed by atoms with Crippen LogP contribution >= 0.6 is 12.4 Å². The smallest absolute Gasteiger partial charge is 0.341 e. The molecule has 1 aromatic carbocycles. The van der Waals surface area contributed by atoms with Gasteiger partial charge in [0, 0.05) is 13.5 Å². The van der Waals surface area contributed by atoms with Crippen molar-refractivity contribution < 1.29 is 19.1 Å². The molecule has 0 unspecified atom stereocenters. The van der Waals surface area contributed by atoms with Gasteiger partial charge in [-0.3, -0.25) is 9.69 Å². The van der Waals surface area contributed by atoms with Gasteiger partial charge in [-0.05, 0) is 38.1 Å². The van der Waals surface area contributed by atoms with Crippen molar-refractivity contribution in [3.8, 4) is 5.75 Å². The maximum absolute atomic E-state index is 12.1. The van der Waals surface area contributed by atoms with Crippen LogP contribution in [0, 0.1) is 0 Å². The maximum atomic E-state index is 12.1. The summed E-state index contributed by atoms with van der Waals surface area (Å²) in [5.74, 6) is -0.666. The van der Waals surface area contributed by atoms with Gasteiger partial charge in [-0.25, -0.2) is 4.79 Å². The molecule has 0 atom stereocenters. The predicted molar refractivity (Wildman–Crippen MR) is 85.6 cm³/mol.